The van der Waals surface area contributed by atoms with Crippen LogP contribution in [0.1, 0.15) is 5.56 Å². The minimum Gasteiger partial charge on any atom is -0.354 e. The lowest BCUT2D eigenvalue weighted by atomic mass is 10.1. The predicted molar refractivity (Wildman–Crippen MR) is 79.0 cm³/mol. The fourth-order valence-electron chi connectivity index (χ4n) is 2.01. The molecule has 0 saturated heterocycles. The van der Waals surface area contributed by atoms with E-state index in [2.05, 4.69) is 10.3 Å². The summed E-state index contributed by atoms with van der Waals surface area (Å²) in [7, 11) is 3.93. The molecule has 20 heavy (non-hydrogen) atoms. The minimum atomic E-state index is -0.170. The third-order valence-electron chi connectivity index (χ3n) is 3.23. The average Bonchev–Trinajstić information content (AvgIpc) is 2.42. The van der Waals surface area contributed by atoms with Crippen LogP contribution in [-0.4, -0.2) is 53.3 Å². The van der Waals surface area contributed by atoms with Crippen molar-refractivity contribution in [2.75, 3.05) is 32.9 Å². The van der Waals surface area contributed by atoms with Gasteiger partial charge in [0.25, 0.3) is 5.56 Å². The van der Waals surface area contributed by atoms with E-state index in [9.17, 15) is 9.59 Å². The molecule has 1 atom stereocenters. The molecule has 1 aliphatic heterocycles. The molecule has 110 valence electrons. The van der Waals surface area contributed by atoms with Crippen LogP contribution in [0.25, 0.3) is 0 Å². The lowest BCUT2D eigenvalue weighted by molar-refractivity contribution is -0.124. The van der Waals surface area contributed by atoms with Gasteiger partial charge in [0.1, 0.15) is 0 Å². The van der Waals surface area contributed by atoms with Crippen LogP contribution < -0.4 is 10.9 Å². The number of aryl methyl sites for hydroxylation is 1. The first-order chi connectivity index (χ1) is 9.49. The van der Waals surface area contributed by atoms with Crippen molar-refractivity contribution >= 4 is 17.7 Å². The topological polar surface area (TPSA) is 67.2 Å². The molecule has 1 aliphatic rings. The maximum absolute atomic E-state index is 12.1. The van der Waals surface area contributed by atoms with Crippen LogP contribution in [0.15, 0.2) is 16.1 Å². The van der Waals surface area contributed by atoms with Crippen molar-refractivity contribution in [2.45, 2.75) is 18.6 Å². The van der Waals surface area contributed by atoms with E-state index >= 15 is 0 Å². The second kappa shape index (κ2) is 6.41. The fraction of sp³-hybridized carbons (Fsp3) is 0.615. The molecule has 2 rings (SSSR count). The Morgan fingerprint density at radius 3 is 3.05 bits per heavy atom. The SMILES string of the molecule is Cc1cnc2n(c1=O)CC(C(=O)NCCN(C)C)CS2. The Morgan fingerprint density at radius 2 is 2.35 bits per heavy atom. The van der Waals surface area contributed by atoms with Crippen LogP contribution in [0.3, 0.4) is 0 Å². The van der Waals surface area contributed by atoms with Crippen LogP contribution >= 0.6 is 11.8 Å². The van der Waals surface area contributed by atoms with Crippen molar-refractivity contribution < 1.29 is 4.79 Å². The highest BCUT2D eigenvalue weighted by Gasteiger charge is 2.26. The molecule has 0 aromatic carbocycles. The summed E-state index contributed by atoms with van der Waals surface area (Å²) in [4.78, 5) is 30.4. The van der Waals surface area contributed by atoms with E-state index in [0.717, 1.165) is 6.54 Å². The number of nitrogens with zero attached hydrogens (tertiary/aromatic N) is 3. The fourth-order valence-corrected chi connectivity index (χ4v) is 3.05. The molecule has 1 N–H and O–H groups in total. The number of thioether (sulfide) groups is 1. The van der Waals surface area contributed by atoms with Gasteiger partial charge in [-0.2, -0.15) is 0 Å². The van der Waals surface area contributed by atoms with E-state index in [1.165, 1.54) is 11.8 Å². The molecule has 0 bridgehead atoms. The molecular weight excluding hydrogens is 276 g/mol. The summed E-state index contributed by atoms with van der Waals surface area (Å²) in [5.74, 6) is 0.512. The summed E-state index contributed by atoms with van der Waals surface area (Å²) >= 11 is 1.47. The van der Waals surface area contributed by atoms with E-state index in [0.29, 0.717) is 29.6 Å². The Labute approximate surface area is 122 Å². The van der Waals surface area contributed by atoms with E-state index in [1.807, 2.05) is 19.0 Å². The number of hydrogen-bond donors (Lipinski definition) is 1. The molecule has 1 unspecified atom stereocenters. The number of carbonyl (C=O) groups excluding carboxylic acids is 1. The average molecular weight is 296 g/mol. The second-order valence-corrected chi connectivity index (χ2v) is 6.23. The number of aromatic nitrogens is 2. The van der Waals surface area contributed by atoms with Crippen LogP contribution in [0.4, 0.5) is 0 Å². The number of amides is 1. The highest BCUT2D eigenvalue weighted by molar-refractivity contribution is 7.99. The van der Waals surface area contributed by atoms with Gasteiger partial charge in [0.2, 0.25) is 5.91 Å². The second-order valence-electron chi connectivity index (χ2n) is 5.24. The van der Waals surface area contributed by atoms with Gasteiger partial charge in [-0.3, -0.25) is 14.2 Å². The van der Waals surface area contributed by atoms with Crippen molar-refractivity contribution in [3.63, 3.8) is 0 Å². The largest absolute Gasteiger partial charge is 0.354 e. The monoisotopic (exact) mass is 296 g/mol. The van der Waals surface area contributed by atoms with Gasteiger partial charge in [0, 0.05) is 37.1 Å². The molecule has 1 aromatic heterocycles. The van der Waals surface area contributed by atoms with Crippen LogP contribution in [0.2, 0.25) is 0 Å². The molecule has 7 heteroatoms. The number of carbonyl (C=O) groups is 1. The van der Waals surface area contributed by atoms with Crippen LogP contribution in [0.5, 0.6) is 0 Å². The number of rotatable bonds is 4. The van der Waals surface area contributed by atoms with Crippen molar-refractivity contribution in [1.29, 1.82) is 0 Å². The molecule has 2 heterocycles. The van der Waals surface area contributed by atoms with Crippen molar-refractivity contribution in [3.8, 4) is 0 Å². The first-order valence-corrected chi connectivity index (χ1v) is 7.59. The number of fused-ring (bicyclic) bond motifs is 1. The molecular formula is C13H20N4O2S. The number of nitrogens with one attached hydrogen (secondary N) is 1. The quantitative estimate of drug-likeness (QED) is 0.789. The Balaban J connectivity index is 2.02. The summed E-state index contributed by atoms with van der Waals surface area (Å²) in [6.07, 6.45) is 1.60. The Bertz CT molecular complexity index is 556. The molecule has 0 aliphatic carbocycles. The summed E-state index contributed by atoms with van der Waals surface area (Å²) in [5, 5.41) is 3.63. The van der Waals surface area contributed by atoms with Crippen LogP contribution in [0, 0.1) is 12.8 Å². The summed E-state index contributed by atoms with van der Waals surface area (Å²) in [6.45, 7) is 3.60. The van der Waals surface area contributed by atoms with Crippen molar-refractivity contribution in [3.05, 3.63) is 22.1 Å². The van der Waals surface area contributed by atoms with E-state index in [1.54, 1.807) is 17.7 Å². The van der Waals surface area contributed by atoms with Gasteiger partial charge in [0.05, 0.1) is 5.92 Å². The predicted octanol–water partition coefficient (Wildman–Crippen LogP) is -0.0486. The maximum atomic E-state index is 12.1. The lowest BCUT2D eigenvalue weighted by Crippen LogP contribution is -2.42. The van der Waals surface area contributed by atoms with Crippen LogP contribution in [-0.2, 0) is 11.3 Å². The van der Waals surface area contributed by atoms with Gasteiger partial charge >= 0.3 is 0 Å². The Kier molecular flexibility index (Phi) is 4.82. The first-order valence-electron chi connectivity index (χ1n) is 6.60. The van der Waals surface area contributed by atoms with Crippen molar-refractivity contribution in [2.24, 2.45) is 5.92 Å². The number of hydrogen-bond acceptors (Lipinski definition) is 5. The van der Waals surface area contributed by atoms with Gasteiger partial charge in [-0.15, -0.1) is 0 Å². The van der Waals surface area contributed by atoms with Gasteiger partial charge in [0.15, 0.2) is 5.16 Å². The zero-order valence-electron chi connectivity index (χ0n) is 12.0. The molecule has 0 radical (unpaired) electrons. The third-order valence-corrected chi connectivity index (χ3v) is 4.38. The first kappa shape index (κ1) is 15.1. The van der Waals surface area contributed by atoms with Gasteiger partial charge < -0.3 is 10.2 Å². The number of likely N-dealkylation sites (N-methyl/N-ethyl adjacent to an activating group) is 1. The molecule has 1 aromatic rings. The smallest absolute Gasteiger partial charge is 0.257 e. The van der Waals surface area contributed by atoms with E-state index in [4.69, 9.17) is 0 Å². The van der Waals surface area contributed by atoms with Gasteiger partial charge in [-0.1, -0.05) is 11.8 Å². The maximum Gasteiger partial charge on any atom is 0.257 e. The molecule has 0 spiro atoms. The zero-order chi connectivity index (χ0) is 14.7. The highest BCUT2D eigenvalue weighted by atomic mass is 32.2. The third kappa shape index (κ3) is 3.40. The Hall–Kier alpha value is -1.34. The lowest BCUT2D eigenvalue weighted by Gasteiger charge is -2.24. The normalized spacial score (nSPS) is 17.9. The highest BCUT2D eigenvalue weighted by Crippen LogP contribution is 2.24. The molecule has 0 fully saturated rings. The molecule has 6 nitrogen and oxygen atoms in total. The van der Waals surface area contributed by atoms with Crippen molar-refractivity contribution in [1.82, 2.24) is 19.8 Å². The molecule has 1 amide bonds. The standard InChI is InChI=1S/C13H20N4O2S/c1-9-6-15-13-17(12(9)19)7-10(8-20-13)11(18)14-4-5-16(2)3/h6,10H,4-5,7-8H2,1-3H3,(H,14,18). The van der Waals surface area contributed by atoms with Gasteiger partial charge in [-0.05, 0) is 21.0 Å². The van der Waals surface area contributed by atoms with E-state index < -0.39 is 0 Å². The molecule has 0 saturated carbocycles. The Morgan fingerprint density at radius 1 is 1.60 bits per heavy atom. The minimum absolute atomic E-state index is 0.0124. The zero-order valence-corrected chi connectivity index (χ0v) is 12.9. The summed E-state index contributed by atoms with van der Waals surface area (Å²) in [5.41, 5.74) is 0.566. The van der Waals surface area contributed by atoms with E-state index in [-0.39, 0.29) is 17.4 Å². The summed E-state index contributed by atoms with van der Waals surface area (Å²) < 4.78 is 1.61. The van der Waals surface area contributed by atoms with Gasteiger partial charge in [-0.25, -0.2) is 4.98 Å². The summed E-state index contributed by atoms with van der Waals surface area (Å²) in [6, 6.07) is 0.